The second-order valence-electron chi connectivity index (χ2n) is 8.88. The Balaban J connectivity index is 1.58. The van der Waals surface area contributed by atoms with Crippen LogP contribution in [0.3, 0.4) is 0 Å². The summed E-state index contributed by atoms with van der Waals surface area (Å²) in [6.45, 7) is 1.28. The zero-order chi connectivity index (χ0) is 24.3. The molecule has 1 N–H and O–H groups in total. The Bertz CT molecular complexity index is 1240. The van der Waals surface area contributed by atoms with E-state index in [0.717, 1.165) is 36.0 Å². The third-order valence-corrected chi connectivity index (χ3v) is 6.47. The van der Waals surface area contributed by atoms with Crippen molar-refractivity contribution in [3.05, 3.63) is 96.4 Å². The van der Waals surface area contributed by atoms with Crippen molar-refractivity contribution in [2.24, 2.45) is 0 Å². The van der Waals surface area contributed by atoms with Crippen LogP contribution in [0, 0.1) is 0 Å². The van der Waals surface area contributed by atoms with Gasteiger partial charge in [-0.05, 0) is 37.0 Å². The maximum atomic E-state index is 12.1. The van der Waals surface area contributed by atoms with Gasteiger partial charge in [0.2, 0.25) is 5.89 Å². The zero-order valence-electron chi connectivity index (χ0n) is 19.5. The molecule has 35 heavy (non-hydrogen) atoms. The summed E-state index contributed by atoms with van der Waals surface area (Å²) in [7, 11) is 0. The van der Waals surface area contributed by atoms with E-state index < -0.39 is 11.6 Å². The molecule has 178 valence electrons. The molecule has 1 heterocycles. The minimum atomic E-state index is -1.30. The van der Waals surface area contributed by atoms with Crippen molar-refractivity contribution in [2.75, 3.05) is 0 Å². The number of carbonyl (C=O) groups excluding carboxylic acids is 1. The number of hydrogen-bond acceptors (Lipinski definition) is 6. The molecule has 6 heteroatoms. The number of oxazole rings is 1. The van der Waals surface area contributed by atoms with E-state index in [1.165, 1.54) is 6.92 Å². The first-order valence-electron chi connectivity index (χ1n) is 11.8. The van der Waals surface area contributed by atoms with E-state index in [0.29, 0.717) is 29.5 Å². The fourth-order valence-electron chi connectivity index (χ4n) is 4.83. The number of nitrogens with zero attached hydrogens (tertiary/aromatic N) is 1. The highest BCUT2D eigenvalue weighted by atomic mass is 17.2. The van der Waals surface area contributed by atoms with Gasteiger partial charge in [0.15, 0.2) is 11.5 Å². The van der Waals surface area contributed by atoms with Gasteiger partial charge in [0.05, 0.1) is 0 Å². The second kappa shape index (κ2) is 9.76. The SMILES string of the molecule is CC(=O)OOc1cccc([C@@H]2CCCC[C@@]2(O)c2nc(-c3ccccc3)c(-c3ccccc3)o2)c1. The van der Waals surface area contributed by atoms with E-state index >= 15 is 0 Å². The van der Waals surface area contributed by atoms with Crippen LogP contribution in [0.2, 0.25) is 0 Å². The molecule has 0 spiro atoms. The van der Waals surface area contributed by atoms with Crippen LogP contribution in [0.25, 0.3) is 22.6 Å². The van der Waals surface area contributed by atoms with Crippen molar-refractivity contribution >= 4 is 5.97 Å². The van der Waals surface area contributed by atoms with Crippen LogP contribution in [0.15, 0.2) is 89.3 Å². The van der Waals surface area contributed by atoms with Gasteiger partial charge in [-0.25, -0.2) is 9.78 Å². The number of carbonyl (C=O) groups is 1. The van der Waals surface area contributed by atoms with Crippen LogP contribution in [0.5, 0.6) is 5.75 Å². The monoisotopic (exact) mass is 469 g/mol. The van der Waals surface area contributed by atoms with Crippen LogP contribution >= 0.6 is 0 Å². The molecule has 1 aliphatic carbocycles. The molecule has 0 radical (unpaired) electrons. The molecule has 3 aromatic carbocycles. The zero-order valence-corrected chi connectivity index (χ0v) is 19.5. The fourth-order valence-corrected chi connectivity index (χ4v) is 4.83. The van der Waals surface area contributed by atoms with Crippen molar-refractivity contribution < 1.29 is 24.1 Å². The van der Waals surface area contributed by atoms with E-state index in [2.05, 4.69) is 0 Å². The largest absolute Gasteiger partial charge is 0.437 e. The average Bonchev–Trinajstić information content (AvgIpc) is 3.36. The lowest BCUT2D eigenvalue weighted by molar-refractivity contribution is -0.210. The normalized spacial score (nSPS) is 19.8. The minimum absolute atomic E-state index is 0.261. The van der Waals surface area contributed by atoms with Crippen molar-refractivity contribution in [1.29, 1.82) is 0 Å². The summed E-state index contributed by atoms with van der Waals surface area (Å²) in [6, 6.07) is 27.0. The van der Waals surface area contributed by atoms with E-state index in [-0.39, 0.29) is 5.92 Å². The molecule has 4 aromatic rings. The van der Waals surface area contributed by atoms with E-state index in [9.17, 15) is 9.90 Å². The number of aromatic nitrogens is 1. The predicted octanol–water partition coefficient (Wildman–Crippen LogP) is 6.41. The predicted molar refractivity (Wildman–Crippen MR) is 131 cm³/mol. The first kappa shape index (κ1) is 22.9. The highest BCUT2D eigenvalue weighted by molar-refractivity contribution is 5.77. The van der Waals surface area contributed by atoms with Gasteiger partial charge in [0.1, 0.15) is 11.3 Å². The van der Waals surface area contributed by atoms with E-state index in [1.807, 2.05) is 72.8 Å². The third kappa shape index (κ3) is 4.70. The highest BCUT2D eigenvalue weighted by Crippen LogP contribution is 2.49. The first-order valence-corrected chi connectivity index (χ1v) is 11.8. The molecule has 0 amide bonds. The smallest absolute Gasteiger partial charge is 0.352 e. The molecule has 2 atom stereocenters. The van der Waals surface area contributed by atoms with E-state index in [4.69, 9.17) is 19.2 Å². The van der Waals surface area contributed by atoms with Crippen molar-refractivity contribution in [3.8, 4) is 28.3 Å². The van der Waals surface area contributed by atoms with Gasteiger partial charge in [-0.3, -0.25) is 9.78 Å². The molecule has 0 aliphatic heterocycles. The molecule has 1 aromatic heterocycles. The van der Waals surface area contributed by atoms with Crippen LogP contribution in [0.4, 0.5) is 0 Å². The topological polar surface area (TPSA) is 81.8 Å². The molecular weight excluding hydrogens is 442 g/mol. The Morgan fingerprint density at radius 3 is 2.40 bits per heavy atom. The highest BCUT2D eigenvalue weighted by Gasteiger charge is 2.46. The maximum Gasteiger partial charge on any atom is 0.352 e. The summed E-state index contributed by atoms with van der Waals surface area (Å²) < 4.78 is 6.40. The maximum absolute atomic E-state index is 12.1. The fraction of sp³-hybridized carbons (Fsp3) is 0.241. The Morgan fingerprint density at radius 1 is 0.971 bits per heavy atom. The van der Waals surface area contributed by atoms with Gasteiger partial charge in [-0.2, -0.15) is 0 Å². The molecule has 1 saturated carbocycles. The average molecular weight is 470 g/mol. The van der Waals surface area contributed by atoms with Crippen molar-refractivity contribution in [3.63, 3.8) is 0 Å². The molecule has 1 fully saturated rings. The molecule has 6 nitrogen and oxygen atoms in total. The summed E-state index contributed by atoms with van der Waals surface area (Å²) in [4.78, 5) is 25.9. The van der Waals surface area contributed by atoms with Gasteiger partial charge in [0.25, 0.3) is 0 Å². The number of benzene rings is 3. The number of aliphatic hydroxyl groups is 1. The molecule has 0 saturated heterocycles. The van der Waals surface area contributed by atoms with Crippen LogP contribution in [-0.4, -0.2) is 16.1 Å². The van der Waals surface area contributed by atoms with Gasteiger partial charge in [-0.1, -0.05) is 79.2 Å². The first-order chi connectivity index (χ1) is 17.0. The van der Waals surface area contributed by atoms with Gasteiger partial charge in [-0.15, -0.1) is 0 Å². The Kier molecular flexibility index (Phi) is 6.38. The lowest BCUT2D eigenvalue weighted by atomic mass is 9.72. The third-order valence-electron chi connectivity index (χ3n) is 6.47. The van der Waals surface area contributed by atoms with Crippen LogP contribution < -0.4 is 4.89 Å². The second-order valence-corrected chi connectivity index (χ2v) is 8.88. The molecular formula is C29H27NO5. The minimum Gasteiger partial charge on any atom is -0.437 e. The van der Waals surface area contributed by atoms with Crippen molar-refractivity contribution in [2.45, 2.75) is 44.1 Å². The quantitative estimate of drug-likeness (QED) is 0.260. The molecule has 5 rings (SSSR count). The Labute approximate surface area is 204 Å². The van der Waals surface area contributed by atoms with Crippen molar-refractivity contribution in [1.82, 2.24) is 4.98 Å². The summed E-state index contributed by atoms with van der Waals surface area (Å²) in [6.07, 6.45) is 3.12. The van der Waals surface area contributed by atoms with Gasteiger partial charge in [0, 0.05) is 24.0 Å². The lowest BCUT2D eigenvalue weighted by Crippen LogP contribution is -2.36. The molecule has 1 aliphatic rings. The Morgan fingerprint density at radius 2 is 1.69 bits per heavy atom. The summed E-state index contributed by atoms with van der Waals surface area (Å²) in [5.41, 5.74) is 2.11. The van der Waals surface area contributed by atoms with E-state index in [1.54, 1.807) is 12.1 Å². The van der Waals surface area contributed by atoms with Crippen LogP contribution in [0.1, 0.15) is 50.0 Å². The standard InChI is InChI=1S/C29H27NO5/c1-20(31)34-35-24-16-10-15-23(19-24)25-17-8-9-18-29(25,32)28-30-26(21-11-4-2-5-12-21)27(33-28)22-13-6-3-7-14-22/h2-7,10-16,19,25,32H,8-9,17-18H2,1H3/t25-,29-/m0/s1. The summed E-state index contributed by atoms with van der Waals surface area (Å²) in [5, 5.41) is 12.1. The van der Waals surface area contributed by atoms with Crippen LogP contribution in [-0.2, 0) is 15.3 Å². The summed E-state index contributed by atoms with van der Waals surface area (Å²) in [5.74, 6) is 0.546. The molecule has 0 unspecified atom stereocenters. The lowest BCUT2D eigenvalue weighted by Gasteiger charge is -2.38. The number of hydrogen-bond donors (Lipinski definition) is 1. The summed E-state index contributed by atoms with van der Waals surface area (Å²) >= 11 is 0. The Hall–Kier alpha value is -3.90. The number of rotatable bonds is 6. The van der Waals surface area contributed by atoms with Gasteiger partial charge >= 0.3 is 5.97 Å². The molecule has 0 bridgehead atoms. The van der Waals surface area contributed by atoms with Gasteiger partial charge < -0.3 is 9.52 Å².